The lowest BCUT2D eigenvalue weighted by Gasteiger charge is -2.31. The molecule has 6 nitrogen and oxygen atoms in total. The molecular weight excluding hydrogens is 451 g/mol. The molecule has 0 saturated carbocycles. The molecule has 4 rings (SSSR count). The zero-order valence-electron chi connectivity index (χ0n) is 18.2. The molecule has 170 valence electrons. The molecule has 0 N–H and O–H groups in total. The number of anilines is 1. The van der Waals surface area contributed by atoms with E-state index in [0.717, 1.165) is 22.5 Å². The van der Waals surface area contributed by atoms with E-state index in [2.05, 4.69) is 4.90 Å². The van der Waals surface area contributed by atoms with Crippen molar-refractivity contribution in [3.63, 3.8) is 0 Å². The molecule has 9 heteroatoms. The zero-order chi connectivity index (χ0) is 22.9. The first-order valence-corrected chi connectivity index (χ1v) is 12.7. The summed E-state index contributed by atoms with van der Waals surface area (Å²) in [6.45, 7) is 2.86. The van der Waals surface area contributed by atoms with Gasteiger partial charge in [0.2, 0.25) is 0 Å². The molecule has 0 bridgehead atoms. The van der Waals surface area contributed by atoms with E-state index < -0.39 is 20.9 Å². The monoisotopic (exact) mass is 476 g/mol. The Bertz CT molecular complexity index is 1220. The summed E-state index contributed by atoms with van der Waals surface area (Å²) in [5, 5.41) is 2.31. The van der Waals surface area contributed by atoms with Crippen LogP contribution in [0.5, 0.6) is 11.5 Å². The second-order valence-electron chi connectivity index (χ2n) is 7.73. The average Bonchev–Trinajstić information content (AvgIpc) is 3.30. The standard InChI is InChI=1S/C23H25FN2O4S2/c1-15-4-6-17(24)13-22(15)32(27,28)18-8-10-26(11-9-18)23-25-19(14-31-23)16-5-7-20(29-2)21(12-16)30-3/h4-7,12-14,18H,8-11H2,1-3H3. The maximum absolute atomic E-state index is 13.7. The first-order chi connectivity index (χ1) is 15.3. The van der Waals surface area contributed by atoms with Crippen molar-refractivity contribution in [1.29, 1.82) is 0 Å². The largest absolute Gasteiger partial charge is 0.493 e. The molecule has 1 saturated heterocycles. The Labute approximate surface area is 191 Å². The number of aryl methyl sites for hydroxylation is 1. The van der Waals surface area contributed by atoms with Gasteiger partial charge in [0.05, 0.1) is 30.1 Å². The molecule has 0 spiro atoms. The Morgan fingerprint density at radius 3 is 2.47 bits per heavy atom. The summed E-state index contributed by atoms with van der Waals surface area (Å²) in [5.41, 5.74) is 2.33. The molecule has 0 atom stereocenters. The summed E-state index contributed by atoms with van der Waals surface area (Å²) in [6.07, 6.45) is 0.952. The molecule has 0 amide bonds. The minimum absolute atomic E-state index is 0.0981. The molecule has 1 aliphatic heterocycles. The number of aromatic nitrogens is 1. The van der Waals surface area contributed by atoms with Gasteiger partial charge in [-0.25, -0.2) is 17.8 Å². The van der Waals surface area contributed by atoms with E-state index in [0.29, 0.717) is 43.0 Å². The fourth-order valence-electron chi connectivity index (χ4n) is 3.96. The van der Waals surface area contributed by atoms with E-state index in [1.165, 1.54) is 23.5 Å². The third-order valence-corrected chi connectivity index (χ3v) is 9.08. The molecule has 2 aromatic carbocycles. The fourth-order valence-corrected chi connectivity index (χ4v) is 6.83. The number of rotatable bonds is 6. The lowest BCUT2D eigenvalue weighted by molar-refractivity contribution is 0.355. The Hall–Kier alpha value is -2.65. The maximum Gasteiger partial charge on any atom is 0.185 e. The fraction of sp³-hybridized carbons (Fsp3) is 0.348. The zero-order valence-corrected chi connectivity index (χ0v) is 19.8. The predicted octanol–water partition coefficient (Wildman–Crippen LogP) is 4.72. The van der Waals surface area contributed by atoms with Crippen LogP contribution in [-0.4, -0.2) is 46.0 Å². The second-order valence-corrected chi connectivity index (χ2v) is 10.8. The predicted molar refractivity (Wildman–Crippen MR) is 124 cm³/mol. The minimum Gasteiger partial charge on any atom is -0.493 e. The van der Waals surface area contributed by atoms with Crippen LogP contribution in [0.4, 0.5) is 9.52 Å². The van der Waals surface area contributed by atoms with Crippen molar-refractivity contribution >= 4 is 26.3 Å². The van der Waals surface area contributed by atoms with Gasteiger partial charge in [-0.2, -0.15) is 0 Å². The molecule has 1 fully saturated rings. The Balaban J connectivity index is 1.48. The van der Waals surface area contributed by atoms with Crippen molar-refractivity contribution in [2.75, 3.05) is 32.2 Å². The van der Waals surface area contributed by atoms with Crippen molar-refractivity contribution in [2.24, 2.45) is 0 Å². The number of piperidine rings is 1. The van der Waals surface area contributed by atoms with Crippen LogP contribution < -0.4 is 14.4 Å². The van der Waals surface area contributed by atoms with Gasteiger partial charge in [0, 0.05) is 24.0 Å². The number of nitrogens with zero attached hydrogens (tertiary/aromatic N) is 2. The van der Waals surface area contributed by atoms with Gasteiger partial charge in [-0.3, -0.25) is 0 Å². The highest BCUT2D eigenvalue weighted by molar-refractivity contribution is 7.92. The summed E-state index contributed by atoms with van der Waals surface area (Å²) in [4.78, 5) is 6.96. The normalized spacial score (nSPS) is 15.1. The lowest BCUT2D eigenvalue weighted by Crippen LogP contribution is -2.39. The van der Waals surface area contributed by atoms with Crippen LogP contribution in [0.1, 0.15) is 18.4 Å². The van der Waals surface area contributed by atoms with Crippen molar-refractivity contribution in [1.82, 2.24) is 4.98 Å². The highest BCUT2D eigenvalue weighted by Crippen LogP contribution is 2.35. The van der Waals surface area contributed by atoms with Gasteiger partial charge < -0.3 is 14.4 Å². The van der Waals surface area contributed by atoms with Gasteiger partial charge in [0.1, 0.15) is 5.82 Å². The third-order valence-electron chi connectivity index (χ3n) is 5.78. The van der Waals surface area contributed by atoms with Gasteiger partial charge in [-0.05, 0) is 55.7 Å². The number of hydrogen-bond donors (Lipinski definition) is 0. The summed E-state index contributed by atoms with van der Waals surface area (Å²) in [6, 6.07) is 9.60. The number of ether oxygens (including phenoxy) is 2. The number of sulfone groups is 1. The van der Waals surface area contributed by atoms with E-state index >= 15 is 0 Å². The van der Waals surface area contributed by atoms with Crippen LogP contribution >= 0.6 is 11.3 Å². The summed E-state index contributed by atoms with van der Waals surface area (Å²) in [5.74, 6) is 0.763. The number of methoxy groups -OCH3 is 2. The minimum atomic E-state index is -3.58. The number of hydrogen-bond acceptors (Lipinski definition) is 7. The summed E-state index contributed by atoms with van der Waals surface area (Å²) >= 11 is 1.53. The topological polar surface area (TPSA) is 68.7 Å². The van der Waals surface area contributed by atoms with Crippen molar-refractivity contribution in [3.8, 4) is 22.8 Å². The molecule has 2 heterocycles. The average molecular weight is 477 g/mol. The van der Waals surface area contributed by atoms with Crippen molar-refractivity contribution in [2.45, 2.75) is 29.9 Å². The molecule has 0 unspecified atom stereocenters. The second kappa shape index (κ2) is 9.07. The van der Waals surface area contributed by atoms with Gasteiger partial charge in [-0.15, -0.1) is 11.3 Å². The van der Waals surface area contributed by atoms with Crippen LogP contribution in [-0.2, 0) is 9.84 Å². The van der Waals surface area contributed by atoms with Crippen LogP contribution in [0.15, 0.2) is 46.7 Å². The van der Waals surface area contributed by atoms with E-state index in [-0.39, 0.29) is 4.90 Å². The quantitative estimate of drug-likeness (QED) is 0.513. The first kappa shape index (κ1) is 22.5. The lowest BCUT2D eigenvalue weighted by atomic mass is 10.1. The highest BCUT2D eigenvalue weighted by atomic mass is 32.2. The highest BCUT2D eigenvalue weighted by Gasteiger charge is 2.33. The van der Waals surface area contributed by atoms with Crippen LogP contribution in [0.25, 0.3) is 11.3 Å². The molecule has 32 heavy (non-hydrogen) atoms. The van der Waals surface area contributed by atoms with Crippen LogP contribution in [0.2, 0.25) is 0 Å². The molecule has 0 aliphatic carbocycles. The Kier molecular flexibility index (Phi) is 6.39. The van der Waals surface area contributed by atoms with E-state index in [4.69, 9.17) is 14.5 Å². The van der Waals surface area contributed by atoms with Crippen molar-refractivity contribution < 1.29 is 22.3 Å². The van der Waals surface area contributed by atoms with Gasteiger partial charge in [0.15, 0.2) is 26.5 Å². The first-order valence-electron chi connectivity index (χ1n) is 10.3. The Morgan fingerprint density at radius 1 is 1.06 bits per heavy atom. The number of thiazole rings is 1. The summed E-state index contributed by atoms with van der Waals surface area (Å²) in [7, 11) is -0.392. The van der Waals surface area contributed by atoms with Gasteiger partial charge in [0.25, 0.3) is 0 Å². The van der Waals surface area contributed by atoms with Crippen LogP contribution in [0.3, 0.4) is 0 Å². The Morgan fingerprint density at radius 2 is 1.78 bits per heavy atom. The molecule has 0 radical (unpaired) electrons. The van der Waals surface area contributed by atoms with E-state index in [9.17, 15) is 12.8 Å². The number of halogens is 1. The smallest absolute Gasteiger partial charge is 0.185 e. The summed E-state index contributed by atoms with van der Waals surface area (Å²) < 4.78 is 50.5. The van der Waals surface area contributed by atoms with Gasteiger partial charge in [-0.1, -0.05) is 6.07 Å². The molecule has 3 aromatic rings. The maximum atomic E-state index is 13.7. The number of benzene rings is 2. The molecule has 1 aliphatic rings. The van der Waals surface area contributed by atoms with E-state index in [1.54, 1.807) is 21.1 Å². The molecule has 1 aromatic heterocycles. The molecular formula is C23H25FN2O4S2. The van der Waals surface area contributed by atoms with Crippen LogP contribution in [0, 0.1) is 12.7 Å². The van der Waals surface area contributed by atoms with Gasteiger partial charge >= 0.3 is 0 Å². The van der Waals surface area contributed by atoms with Crippen molar-refractivity contribution in [3.05, 3.63) is 53.2 Å². The van der Waals surface area contributed by atoms with E-state index in [1.807, 2.05) is 23.6 Å². The third kappa shape index (κ3) is 4.31. The SMILES string of the molecule is COc1ccc(-c2csc(N3CCC(S(=O)(=O)c4cc(F)ccc4C)CC3)n2)cc1OC.